The molecule has 0 atom stereocenters. The second-order valence-electron chi connectivity index (χ2n) is 5.81. The number of methoxy groups -OCH3 is 1. The van der Waals surface area contributed by atoms with Crippen molar-refractivity contribution < 1.29 is 19.1 Å². The number of esters is 1. The van der Waals surface area contributed by atoms with E-state index in [1.165, 1.54) is 0 Å². The number of nitrogens with zero attached hydrogens (tertiary/aromatic N) is 1. The van der Waals surface area contributed by atoms with Gasteiger partial charge in [-0.25, -0.2) is 0 Å². The SMILES string of the molecule is CCOC(=O)CCN(CCc1ccccc1)C(=O)c1cccc(OC)c1. The number of hydrogen-bond donors (Lipinski definition) is 0. The van der Waals surface area contributed by atoms with E-state index in [1.54, 1.807) is 43.2 Å². The van der Waals surface area contributed by atoms with Crippen molar-refractivity contribution in [1.82, 2.24) is 4.90 Å². The first kappa shape index (κ1) is 19.5. The van der Waals surface area contributed by atoms with Gasteiger partial charge in [0.15, 0.2) is 0 Å². The minimum atomic E-state index is -0.296. The Labute approximate surface area is 154 Å². The number of hydrogen-bond acceptors (Lipinski definition) is 4. The Bertz CT molecular complexity index is 715. The van der Waals surface area contributed by atoms with Gasteiger partial charge in [-0.2, -0.15) is 0 Å². The van der Waals surface area contributed by atoms with Crippen LogP contribution in [0.5, 0.6) is 5.75 Å². The van der Waals surface area contributed by atoms with Gasteiger partial charge in [0, 0.05) is 18.7 Å². The third-order valence-corrected chi connectivity index (χ3v) is 4.01. The molecule has 0 aliphatic rings. The van der Waals surface area contributed by atoms with Crippen molar-refractivity contribution in [2.24, 2.45) is 0 Å². The smallest absolute Gasteiger partial charge is 0.307 e. The molecule has 0 aliphatic carbocycles. The van der Waals surface area contributed by atoms with Crippen molar-refractivity contribution in [2.45, 2.75) is 19.8 Å². The molecule has 0 bridgehead atoms. The summed E-state index contributed by atoms with van der Waals surface area (Å²) in [6.45, 7) is 2.96. The van der Waals surface area contributed by atoms with E-state index < -0.39 is 0 Å². The van der Waals surface area contributed by atoms with E-state index in [2.05, 4.69) is 0 Å². The third kappa shape index (κ3) is 5.92. The molecule has 0 heterocycles. The van der Waals surface area contributed by atoms with Crippen molar-refractivity contribution in [3.8, 4) is 5.75 Å². The lowest BCUT2D eigenvalue weighted by Crippen LogP contribution is -2.35. The van der Waals surface area contributed by atoms with Crippen LogP contribution in [0.1, 0.15) is 29.3 Å². The lowest BCUT2D eigenvalue weighted by molar-refractivity contribution is -0.143. The average molecular weight is 355 g/mol. The number of ether oxygens (including phenoxy) is 2. The van der Waals surface area contributed by atoms with Crippen LogP contribution in [0.4, 0.5) is 0 Å². The molecule has 2 aromatic rings. The highest BCUT2D eigenvalue weighted by Gasteiger charge is 2.18. The van der Waals surface area contributed by atoms with Crippen molar-refractivity contribution in [3.63, 3.8) is 0 Å². The number of rotatable bonds is 9. The minimum Gasteiger partial charge on any atom is -0.497 e. The van der Waals surface area contributed by atoms with E-state index in [9.17, 15) is 9.59 Å². The Morgan fingerprint density at radius 1 is 1.00 bits per heavy atom. The van der Waals surface area contributed by atoms with Crippen molar-refractivity contribution in [2.75, 3.05) is 26.8 Å². The quantitative estimate of drug-likeness (QED) is 0.648. The van der Waals surface area contributed by atoms with Crippen LogP contribution in [-0.2, 0) is 16.0 Å². The Morgan fingerprint density at radius 2 is 1.77 bits per heavy atom. The second-order valence-corrected chi connectivity index (χ2v) is 5.81. The number of carbonyl (C=O) groups is 2. The number of benzene rings is 2. The first-order valence-electron chi connectivity index (χ1n) is 8.77. The molecule has 138 valence electrons. The fraction of sp³-hybridized carbons (Fsp3) is 0.333. The average Bonchev–Trinajstić information content (AvgIpc) is 2.68. The summed E-state index contributed by atoms with van der Waals surface area (Å²) < 4.78 is 10.2. The van der Waals surface area contributed by atoms with Gasteiger partial charge in [-0.05, 0) is 37.1 Å². The zero-order chi connectivity index (χ0) is 18.8. The van der Waals surface area contributed by atoms with Crippen LogP contribution in [0.2, 0.25) is 0 Å². The molecule has 0 aliphatic heterocycles. The number of amides is 1. The van der Waals surface area contributed by atoms with Gasteiger partial charge in [0.2, 0.25) is 0 Å². The first-order valence-corrected chi connectivity index (χ1v) is 8.77. The maximum Gasteiger partial charge on any atom is 0.307 e. The molecule has 0 saturated heterocycles. The maximum absolute atomic E-state index is 12.9. The maximum atomic E-state index is 12.9. The Morgan fingerprint density at radius 3 is 2.46 bits per heavy atom. The molecule has 5 nitrogen and oxygen atoms in total. The zero-order valence-electron chi connectivity index (χ0n) is 15.3. The lowest BCUT2D eigenvalue weighted by atomic mass is 10.1. The molecule has 0 radical (unpaired) electrons. The Kier molecular flexibility index (Phi) is 7.68. The van der Waals surface area contributed by atoms with Gasteiger partial charge in [-0.3, -0.25) is 9.59 Å². The minimum absolute atomic E-state index is 0.121. The molecule has 0 fully saturated rings. The summed E-state index contributed by atoms with van der Waals surface area (Å²) in [7, 11) is 1.57. The van der Waals surface area contributed by atoms with Crippen LogP contribution in [0.15, 0.2) is 54.6 Å². The largest absolute Gasteiger partial charge is 0.497 e. The van der Waals surface area contributed by atoms with E-state index in [4.69, 9.17) is 9.47 Å². The highest BCUT2D eigenvalue weighted by atomic mass is 16.5. The van der Waals surface area contributed by atoms with Crippen LogP contribution in [0, 0.1) is 0 Å². The lowest BCUT2D eigenvalue weighted by Gasteiger charge is -2.23. The summed E-state index contributed by atoms with van der Waals surface area (Å²) >= 11 is 0. The highest BCUT2D eigenvalue weighted by molar-refractivity contribution is 5.94. The van der Waals surface area contributed by atoms with Crippen LogP contribution in [-0.4, -0.2) is 43.6 Å². The van der Waals surface area contributed by atoms with Gasteiger partial charge in [-0.1, -0.05) is 36.4 Å². The van der Waals surface area contributed by atoms with Gasteiger partial charge >= 0.3 is 5.97 Å². The third-order valence-electron chi connectivity index (χ3n) is 4.01. The summed E-state index contributed by atoms with van der Waals surface area (Å²) in [4.78, 5) is 26.3. The molecule has 26 heavy (non-hydrogen) atoms. The molecular weight excluding hydrogens is 330 g/mol. The summed E-state index contributed by atoms with van der Waals surface area (Å²) in [5.74, 6) is 0.212. The van der Waals surface area contributed by atoms with Crippen molar-refractivity contribution in [3.05, 3.63) is 65.7 Å². The highest BCUT2D eigenvalue weighted by Crippen LogP contribution is 2.15. The van der Waals surface area contributed by atoms with Crippen LogP contribution in [0.25, 0.3) is 0 Å². The summed E-state index contributed by atoms with van der Waals surface area (Å²) in [5, 5.41) is 0. The Balaban J connectivity index is 2.09. The van der Waals surface area contributed by atoms with Crippen LogP contribution in [0.3, 0.4) is 0 Å². The fourth-order valence-corrected chi connectivity index (χ4v) is 2.62. The van der Waals surface area contributed by atoms with Gasteiger partial charge < -0.3 is 14.4 Å². The standard InChI is InChI=1S/C21H25NO4/c1-3-26-20(23)13-15-22(14-12-17-8-5-4-6-9-17)21(24)18-10-7-11-19(16-18)25-2/h4-11,16H,3,12-15H2,1-2H3. The van der Waals surface area contributed by atoms with Crippen molar-refractivity contribution in [1.29, 1.82) is 0 Å². The monoisotopic (exact) mass is 355 g/mol. The van der Waals surface area contributed by atoms with E-state index in [-0.39, 0.29) is 18.3 Å². The van der Waals surface area contributed by atoms with E-state index in [0.29, 0.717) is 31.0 Å². The predicted octanol–water partition coefficient (Wildman–Crippen LogP) is 3.33. The Hall–Kier alpha value is -2.82. The molecule has 0 aromatic heterocycles. The summed E-state index contributed by atoms with van der Waals surface area (Å²) in [6, 6.07) is 17.0. The van der Waals surface area contributed by atoms with Crippen molar-refractivity contribution >= 4 is 11.9 Å². The van der Waals surface area contributed by atoms with E-state index >= 15 is 0 Å². The predicted molar refractivity (Wildman–Crippen MR) is 100 cm³/mol. The van der Waals surface area contributed by atoms with Gasteiger partial charge in [0.1, 0.15) is 5.75 Å². The van der Waals surface area contributed by atoms with Crippen LogP contribution < -0.4 is 4.74 Å². The summed E-state index contributed by atoms with van der Waals surface area (Å²) in [6.07, 6.45) is 0.901. The second kappa shape index (κ2) is 10.2. The first-order chi connectivity index (χ1) is 12.6. The van der Waals surface area contributed by atoms with E-state index in [1.807, 2.05) is 30.3 Å². The molecule has 5 heteroatoms. The van der Waals surface area contributed by atoms with Gasteiger partial charge in [0.25, 0.3) is 5.91 Å². The topological polar surface area (TPSA) is 55.8 Å². The zero-order valence-corrected chi connectivity index (χ0v) is 15.3. The molecular formula is C21H25NO4. The molecule has 2 rings (SSSR count). The molecule has 0 N–H and O–H groups in total. The summed E-state index contributed by atoms with van der Waals surface area (Å²) in [5.41, 5.74) is 1.69. The molecule has 0 spiro atoms. The molecule has 0 unspecified atom stereocenters. The number of carbonyl (C=O) groups excluding carboxylic acids is 2. The normalized spacial score (nSPS) is 10.2. The van der Waals surface area contributed by atoms with Gasteiger partial charge in [0.05, 0.1) is 20.1 Å². The van der Waals surface area contributed by atoms with Crippen LogP contribution >= 0.6 is 0 Å². The molecule has 1 amide bonds. The molecule has 2 aromatic carbocycles. The van der Waals surface area contributed by atoms with Gasteiger partial charge in [-0.15, -0.1) is 0 Å². The van der Waals surface area contributed by atoms with E-state index in [0.717, 1.165) is 12.0 Å². The fourth-order valence-electron chi connectivity index (χ4n) is 2.62. The molecule has 0 saturated carbocycles.